The number of nitrogens with zero attached hydrogens (tertiary/aromatic N) is 4. The van der Waals surface area contributed by atoms with E-state index in [1.807, 2.05) is 14.0 Å². The molecule has 8 nitrogen and oxygen atoms in total. The molecule has 1 amide bonds. The maximum absolute atomic E-state index is 12.8. The van der Waals surface area contributed by atoms with E-state index in [2.05, 4.69) is 9.88 Å². The van der Waals surface area contributed by atoms with Crippen LogP contribution in [0.15, 0.2) is 18.3 Å². The van der Waals surface area contributed by atoms with Crippen LogP contribution in [0.25, 0.3) is 0 Å². The summed E-state index contributed by atoms with van der Waals surface area (Å²) in [5, 5.41) is 0. The molecule has 1 unspecified atom stereocenters. The third kappa shape index (κ3) is 5.75. The molecule has 0 radical (unpaired) electrons. The molecule has 2 saturated heterocycles. The minimum Gasteiger partial charge on any atom is -0.381 e. The highest BCUT2D eigenvalue weighted by atomic mass is 32.2. The van der Waals surface area contributed by atoms with Gasteiger partial charge >= 0.3 is 0 Å². The smallest absolute Gasteiger partial charge is 0.253 e. The summed E-state index contributed by atoms with van der Waals surface area (Å²) in [5.41, 5.74) is 1.46. The van der Waals surface area contributed by atoms with Crippen molar-refractivity contribution in [3.05, 3.63) is 29.6 Å². The van der Waals surface area contributed by atoms with E-state index >= 15 is 0 Å². The fraction of sp³-hybridized carbons (Fsp3) is 0.700. The lowest BCUT2D eigenvalue weighted by Crippen LogP contribution is -2.50. The lowest BCUT2D eigenvalue weighted by molar-refractivity contribution is 0.0158. The molecule has 29 heavy (non-hydrogen) atoms. The quantitative estimate of drug-likeness (QED) is 0.649. The minimum atomic E-state index is -3.17. The van der Waals surface area contributed by atoms with Crippen LogP contribution in [0.1, 0.15) is 35.3 Å². The predicted octanol–water partition coefficient (Wildman–Crippen LogP) is 0.977. The molecule has 3 heterocycles. The lowest BCUT2D eigenvalue weighted by Gasteiger charge is -2.39. The van der Waals surface area contributed by atoms with Crippen molar-refractivity contribution in [1.82, 2.24) is 19.1 Å². The molecule has 1 aromatic rings. The van der Waals surface area contributed by atoms with Crippen LogP contribution in [0.4, 0.5) is 0 Å². The highest BCUT2D eigenvalue weighted by molar-refractivity contribution is 7.88. The summed E-state index contributed by atoms with van der Waals surface area (Å²) in [6.45, 7) is 5.73. The van der Waals surface area contributed by atoms with Gasteiger partial charge in [0.25, 0.3) is 5.91 Å². The number of rotatable bonds is 7. The average molecular weight is 425 g/mol. The van der Waals surface area contributed by atoms with Crippen LogP contribution in [-0.2, 0) is 14.8 Å². The van der Waals surface area contributed by atoms with E-state index in [4.69, 9.17) is 4.74 Å². The number of ether oxygens (including phenoxy) is 1. The fourth-order valence-corrected chi connectivity index (χ4v) is 5.11. The lowest BCUT2D eigenvalue weighted by atomic mass is 10.0. The first-order chi connectivity index (χ1) is 13.8. The van der Waals surface area contributed by atoms with Gasteiger partial charge in [-0.05, 0) is 38.3 Å². The van der Waals surface area contributed by atoms with Crippen molar-refractivity contribution < 1.29 is 17.9 Å². The van der Waals surface area contributed by atoms with E-state index in [9.17, 15) is 13.2 Å². The van der Waals surface area contributed by atoms with E-state index in [-0.39, 0.29) is 11.9 Å². The molecule has 2 fully saturated rings. The number of amides is 1. The Morgan fingerprint density at radius 2 is 1.97 bits per heavy atom. The van der Waals surface area contributed by atoms with E-state index in [1.54, 1.807) is 27.5 Å². The van der Waals surface area contributed by atoms with Gasteiger partial charge in [0.15, 0.2) is 0 Å². The molecule has 0 saturated carbocycles. The van der Waals surface area contributed by atoms with Crippen molar-refractivity contribution in [1.29, 1.82) is 0 Å². The first kappa shape index (κ1) is 22.1. The predicted molar refractivity (Wildman–Crippen MR) is 111 cm³/mol. The minimum absolute atomic E-state index is 0.0217. The molecule has 0 N–H and O–H groups in total. The summed E-state index contributed by atoms with van der Waals surface area (Å²) in [6.07, 6.45) is 5.64. The SMILES string of the molecule is Cc1cc(C(=O)N(C)CCN(C2CCOCC2)C2CCN(S(C)(=O)=O)C2)ccn1. The van der Waals surface area contributed by atoms with Gasteiger partial charge in [0.2, 0.25) is 10.0 Å². The summed E-state index contributed by atoms with van der Waals surface area (Å²) < 4.78 is 31.0. The maximum Gasteiger partial charge on any atom is 0.253 e. The zero-order chi connectivity index (χ0) is 21.0. The van der Waals surface area contributed by atoms with Gasteiger partial charge in [-0.2, -0.15) is 0 Å². The van der Waals surface area contributed by atoms with E-state index in [1.165, 1.54) is 6.26 Å². The Bertz CT molecular complexity index is 810. The second-order valence-electron chi connectivity index (χ2n) is 8.06. The Hall–Kier alpha value is -1.55. The fourth-order valence-electron chi connectivity index (χ4n) is 4.23. The van der Waals surface area contributed by atoms with Crippen LogP contribution in [0.2, 0.25) is 0 Å². The standard InChI is InChI=1S/C20H32N4O4S/c1-16-14-17(4-8-21-16)20(25)22(2)10-11-24(18-6-12-28-13-7-18)19-5-9-23(15-19)29(3,26)27/h4,8,14,18-19H,5-7,9-13,15H2,1-3H3. The monoisotopic (exact) mass is 424 g/mol. The number of sulfonamides is 1. The Balaban J connectivity index is 1.66. The normalized spacial score (nSPS) is 21.6. The first-order valence-electron chi connectivity index (χ1n) is 10.2. The summed E-state index contributed by atoms with van der Waals surface area (Å²) in [4.78, 5) is 21.1. The molecule has 0 spiro atoms. The summed E-state index contributed by atoms with van der Waals surface area (Å²) >= 11 is 0. The topological polar surface area (TPSA) is 83.0 Å². The van der Waals surface area contributed by atoms with E-state index in [0.717, 1.165) is 44.7 Å². The molecule has 1 atom stereocenters. The Morgan fingerprint density at radius 1 is 1.24 bits per heavy atom. The molecule has 0 aromatic carbocycles. The number of carbonyl (C=O) groups is 1. The van der Waals surface area contributed by atoms with Crippen molar-refractivity contribution in [2.24, 2.45) is 0 Å². The van der Waals surface area contributed by atoms with Gasteiger partial charge in [-0.1, -0.05) is 0 Å². The Morgan fingerprint density at radius 3 is 2.59 bits per heavy atom. The highest BCUT2D eigenvalue weighted by Crippen LogP contribution is 2.24. The highest BCUT2D eigenvalue weighted by Gasteiger charge is 2.35. The van der Waals surface area contributed by atoms with Gasteiger partial charge in [0.1, 0.15) is 0 Å². The van der Waals surface area contributed by atoms with Crippen molar-refractivity contribution >= 4 is 15.9 Å². The first-order valence-corrected chi connectivity index (χ1v) is 12.1. The summed E-state index contributed by atoms with van der Waals surface area (Å²) in [7, 11) is -1.36. The van der Waals surface area contributed by atoms with Crippen LogP contribution in [0.5, 0.6) is 0 Å². The Labute approximate surface area is 173 Å². The third-order valence-corrected chi connectivity index (χ3v) is 7.18. The van der Waals surface area contributed by atoms with Crippen LogP contribution in [0.3, 0.4) is 0 Å². The molecular formula is C20H32N4O4S. The van der Waals surface area contributed by atoms with Gasteiger partial charge < -0.3 is 9.64 Å². The average Bonchev–Trinajstić information content (AvgIpc) is 3.19. The molecule has 3 rings (SSSR count). The van der Waals surface area contributed by atoms with Crippen LogP contribution >= 0.6 is 0 Å². The van der Waals surface area contributed by atoms with E-state index in [0.29, 0.717) is 31.2 Å². The molecule has 9 heteroatoms. The number of pyridine rings is 1. The molecule has 1 aromatic heterocycles. The second kappa shape index (κ2) is 9.51. The number of hydrogen-bond acceptors (Lipinski definition) is 6. The van der Waals surface area contributed by atoms with Gasteiger partial charge in [0, 0.05) is 76.0 Å². The van der Waals surface area contributed by atoms with Gasteiger partial charge in [0.05, 0.1) is 6.26 Å². The summed E-state index contributed by atoms with van der Waals surface area (Å²) in [5.74, 6) is -0.0217. The van der Waals surface area contributed by atoms with Crippen molar-refractivity contribution in [2.45, 2.75) is 38.3 Å². The largest absolute Gasteiger partial charge is 0.381 e. The van der Waals surface area contributed by atoms with Crippen LogP contribution < -0.4 is 0 Å². The van der Waals surface area contributed by atoms with Gasteiger partial charge in [-0.15, -0.1) is 0 Å². The molecule has 0 aliphatic carbocycles. The summed E-state index contributed by atoms with van der Waals surface area (Å²) in [6, 6.07) is 4.08. The molecule has 162 valence electrons. The third-order valence-electron chi connectivity index (χ3n) is 5.91. The molecule has 2 aliphatic rings. The Kier molecular flexibility index (Phi) is 7.26. The number of likely N-dealkylation sites (N-methyl/N-ethyl adjacent to an activating group) is 1. The molecule has 0 bridgehead atoms. The van der Waals surface area contributed by atoms with Gasteiger partial charge in [-0.25, -0.2) is 12.7 Å². The van der Waals surface area contributed by atoms with Crippen LogP contribution in [-0.4, -0.2) is 98.2 Å². The maximum atomic E-state index is 12.8. The number of aromatic nitrogens is 1. The van der Waals surface area contributed by atoms with Gasteiger partial charge in [-0.3, -0.25) is 14.7 Å². The molecule has 2 aliphatic heterocycles. The van der Waals surface area contributed by atoms with Crippen molar-refractivity contribution in [3.8, 4) is 0 Å². The van der Waals surface area contributed by atoms with E-state index < -0.39 is 10.0 Å². The number of carbonyl (C=O) groups excluding carboxylic acids is 1. The van der Waals surface area contributed by atoms with Crippen molar-refractivity contribution in [3.63, 3.8) is 0 Å². The molecular weight excluding hydrogens is 392 g/mol. The van der Waals surface area contributed by atoms with Crippen molar-refractivity contribution in [2.75, 3.05) is 52.7 Å². The second-order valence-corrected chi connectivity index (χ2v) is 10.0. The van der Waals surface area contributed by atoms with Crippen LogP contribution in [0, 0.1) is 6.92 Å². The zero-order valence-electron chi connectivity index (χ0n) is 17.6. The number of hydrogen-bond donors (Lipinski definition) is 0. The zero-order valence-corrected chi connectivity index (χ0v) is 18.4. The number of aryl methyl sites for hydroxylation is 1.